The van der Waals surface area contributed by atoms with Crippen LogP contribution in [0, 0.1) is 19.7 Å². The first-order valence-corrected chi connectivity index (χ1v) is 6.88. The SMILES string of the molecule is COc1cc(C)cc(C)c1C(=O)c1cc(F)ccc1Br. The number of aryl methyl sites for hydroxylation is 2. The molecule has 0 bridgehead atoms. The zero-order valence-electron chi connectivity index (χ0n) is 11.5. The van der Waals surface area contributed by atoms with Gasteiger partial charge in [-0.2, -0.15) is 0 Å². The minimum Gasteiger partial charge on any atom is -0.496 e. The summed E-state index contributed by atoms with van der Waals surface area (Å²) in [5.41, 5.74) is 2.57. The second-order valence-corrected chi connectivity index (χ2v) is 5.47. The Bertz CT molecular complexity index is 680. The predicted molar refractivity (Wildman–Crippen MR) is 80.0 cm³/mol. The number of benzene rings is 2. The highest BCUT2D eigenvalue weighted by molar-refractivity contribution is 9.10. The van der Waals surface area contributed by atoms with Crippen molar-refractivity contribution in [2.75, 3.05) is 7.11 Å². The van der Waals surface area contributed by atoms with Crippen LogP contribution in [0.1, 0.15) is 27.0 Å². The third-order valence-electron chi connectivity index (χ3n) is 3.06. The number of ketones is 1. The van der Waals surface area contributed by atoms with Gasteiger partial charge in [0.05, 0.1) is 12.7 Å². The highest BCUT2D eigenvalue weighted by Gasteiger charge is 2.20. The van der Waals surface area contributed by atoms with E-state index in [1.54, 1.807) is 6.07 Å². The van der Waals surface area contributed by atoms with Gasteiger partial charge in [-0.25, -0.2) is 4.39 Å². The van der Waals surface area contributed by atoms with Crippen LogP contribution < -0.4 is 4.74 Å². The minimum absolute atomic E-state index is 0.259. The lowest BCUT2D eigenvalue weighted by Crippen LogP contribution is -2.08. The summed E-state index contributed by atoms with van der Waals surface area (Å²) in [6.07, 6.45) is 0. The first-order valence-electron chi connectivity index (χ1n) is 6.09. The quantitative estimate of drug-likeness (QED) is 0.774. The zero-order valence-corrected chi connectivity index (χ0v) is 13.0. The molecule has 2 nitrogen and oxygen atoms in total. The maximum absolute atomic E-state index is 13.4. The highest BCUT2D eigenvalue weighted by Crippen LogP contribution is 2.29. The van der Waals surface area contributed by atoms with Gasteiger partial charge in [-0.05, 0) is 49.2 Å². The Kier molecular flexibility index (Phi) is 4.23. The molecule has 0 N–H and O–H groups in total. The number of rotatable bonds is 3. The molecule has 20 heavy (non-hydrogen) atoms. The van der Waals surface area contributed by atoms with Crippen molar-refractivity contribution >= 4 is 21.7 Å². The first kappa shape index (κ1) is 14.7. The molecule has 0 spiro atoms. The summed E-state index contributed by atoms with van der Waals surface area (Å²) >= 11 is 3.29. The number of carbonyl (C=O) groups excluding carboxylic acids is 1. The van der Waals surface area contributed by atoms with Crippen LogP contribution in [0.25, 0.3) is 0 Å². The van der Waals surface area contributed by atoms with Crippen molar-refractivity contribution in [1.82, 2.24) is 0 Å². The summed E-state index contributed by atoms with van der Waals surface area (Å²) in [5, 5.41) is 0. The normalized spacial score (nSPS) is 10.4. The number of ether oxygens (including phenoxy) is 1. The molecule has 0 saturated heterocycles. The molecule has 0 fully saturated rings. The van der Waals surface area contributed by atoms with E-state index in [0.717, 1.165) is 11.1 Å². The summed E-state index contributed by atoms with van der Waals surface area (Å²) in [6, 6.07) is 7.76. The molecule has 0 radical (unpaired) electrons. The smallest absolute Gasteiger partial charge is 0.198 e. The molecular formula is C16H14BrFO2. The minimum atomic E-state index is -0.444. The monoisotopic (exact) mass is 336 g/mol. The van der Waals surface area contributed by atoms with Crippen molar-refractivity contribution in [3.05, 3.63) is 62.9 Å². The van der Waals surface area contributed by atoms with Crippen LogP contribution >= 0.6 is 15.9 Å². The van der Waals surface area contributed by atoms with Crippen molar-refractivity contribution < 1.29 is 13.9 Å². The van der Waals surface area contributed by atoms with Crippen molar-refractivity contribution in [3.8, 4) is 5.75 Å². The maximum Gasteiger partial charge on any atom is 0.198 e. The van der Waals surface area contributed by atoms with Crippen LogP contribution in [-0.4, -0.2) is 12.9 Å². The number of methoxy groups -OCH3 is 1. The maximum atomic E-state index is 13.4. The Hall–Kier alpha value is -1.68. The van der Waals surface area contributed by atoms with Gasteiger partial charge in [0.1, 0.15) is 11.6 Å². The molecule has 0 atom stereocenters. The van der Waals surface area contributed by atoms with E-state index < -0.39 is 5.82 Å². The lowest BCUT2D eigenvalue weighted by molar-refractivity contribution is 0.103. The van der Waals surface area contributed by atoms with Crippen LogP contribution in [0.4, 0.5) is 4.39 Å². The van der Waals surface area contributed by atoms with E-state index in [1.807, 2.05) is 19.9 Å². The molecule has 0 saturated carbocycles. The third kappa shape index (κ3) is 2.75. The Labute approximate surface area is 125 Å². The summed E-state index contributed by atoms with van der Waals surface area (Å²) in [7, 11) is 1.52. The summed E-state index contributed by atoms with van der Waals surface area (Å²) in [4.78, 5) is 12.7. The van der Waals surface area contributed by atoms with Crippen LogP contribution in [0.3, 0.4) is 0 Å². The molecule has 2 aromatic carbocycles. The molecule has 0 aromatic heterocycles. The molecule has 4 heteroatoms. The topological polar surface area (TPSA) is 26.3 Å². The van der Waals surface area contributed by atoms with E-state index in [2.05, 4.69) is 15.9 Å². The van der Waals surface area contributed by atoms with E-state index in [-0.39, 0.29) is 11.3 Å². The number of halogens is 2. The lowest BCUT2D eigenvalue weighted by atomic mass is 9.96. The number of carbonyl (C=O) groups is 1. The zero-order chi connectivity index (χ0) is 14.9. The van der Waals surface area contributed by atoms with Crippen molar-refractivity contribution in [3.63, 3.8) is 0 Å². The molecule has 0 aliphatic carbocycles. The van der Waals surface area contributed by atoms with Crippen molar-refractivity contribution in [1.29, 1.82) is 0 Å². The van der Waals surface area contributed by atoms with Crippen LogP contribution in [-0.2, 0) is 0 Å². The molecule has 2 aromatic rings. The molecule has 0 aliphatic heterocycles. The van der Waals surface area contributed by atoms with Gasteiger partial charge in [-0.15, -0.1) is 0 Å². The molecular weight excluding hydrogens is 323 g/mol. The molecule has 2 rings (SSSR count). The standard InChI is InChI=1S/C16H14BrFO2/c1-9-6-10(2)15(14(7-9)20-3)16(19)12-8-11(18)4-5-13(12)17/h4-8H,1-3H3. The van der Waals surface area contributed by atoms with Gasteiger partial charge in [0.2, 0.25) is 0 Å². The Balaban J connectivity index is 2.62. The molecule has 0 aliphatic rings. The summed E-state index contributed by atoms with van der Waals surface area (Å²) in [6.45, 7) is 3.78. The molecule has 104 valence electrons. The van der Waals surface area contributed by atoms with Gasteiger partial charge in [0, 0.05) is 10.0 Å². The van der Waals surface area contributed by atoms with Gasteiger partial charge >= 0.3 is 0 Å². The van der Waals surface area contributed by atoms with Gasteiger partial charge in [-0.3, -0.25) is 4.79 Å². The van der Waals surface area contributed by atoms with E-state index in [4.69, 9.17) is 4.74 Å². The average molecular weight is 337 g/mol. The van der Waals surface area contributed by atoms with Gasteiger partial charge in [-0.1, -0.05) is 22.0 Å². The molecule has 0 unspecified atom stereocenters. The van der Waals surface area contributed by atoms with Gasteiger partial charge in [0.15, 0.2) is 5.78 Å². The first-order chi connectivity index (χ1) is 9.43. The average Bonchev–Trinajstić information content (AvgIpc) is 2.40. The van der Waals surface area contributed by atoms with Crippen molar-refractivity contribution in [2.24, 2.45) is 0 Å². The van der Waals surface area contributed by atoms with Crippen molar-refractivity contribution in [2.45, 2.75) is 13.8 Å². The van der Waals surface area contributed by atoms with E-state index in [1.165, 1.54) is 25.3 Å². The highest BCUT2D eigenvalue weighted by atomic mass is 79.9. The Morgan fingerprint density at radius 1 is 1.20 bits per heavy atom. The largest absolute Gasteiger partial charge is 0.496 e. The third-order valence-corrected chi connectivity index (χ3v) is 3.76. The Morgan fingerprint density at radius 3 is 2.55 bits per heavy atom. The van der Waals surface area contributed by atoms with Crippen LogP contribution in [0.15, 0.2) is 34.8 Å². The fraction of sp³-hybridized carbons (Fsp3) is 0.188. The fourth-order valence-corrected chi connectivity index (χ4v) is 2.61. The molecule has 0 heterocycles. The summed E-state index contributed by atoms with van der Waals surface area (Å²) < 4.78 is 19.2. The second kappa shape index (κ2) is 5.75. The van der Waals surface area contributed by atoms with E-state index in [9.17, 15) is 9.18 Å². The van der Waals surface area contributed by atoms with Crippen LogP contribution in [0.5, 0.6) is 5.75 Å². The predicted octanol–water partition coefficient (Wildman–Crippen LogP) is 4.44. The molecule has 0 amide bonds. The van der Waals surface area contributed by atoms with Gasteiger partial charge < -0.3 is 4.74 Å². The Morgan fingerprint density at radius 2 is 1.90 bits per heavy atom. The van der Waals surface area contributed by atoms with E-state index in [0.29, 0.717) is 15.8 Å². The van der Waals surface area contributed by atoms with Crippen LogP contribution in [0.2, 0.25) is 0 Å². The lowest BCUT2D eigenvalue weighted by Gasteiger charge is -2.13. The number of hydrogen-bond donors (Lipinski definition) is 0. The number of hydrogen-bond acceptors (Lipinski definition) is 2. The fourth-order valence-electron chi connectivity index (χ4n) is 2.19. The summed E-state index contributed by atoms with van der Waals surface area (Å²) in [5.74, 6) is -0.199. The van der Waals surface area contributed by atoms with E-state index >= 15 is 0 Å². The second-order valence-electron chi connectivity index (χ2n) is 4.61. The van der Waals surface area contributed by atoms with Gasteiger partial charge in [0.25, 0.3) is 0 Å².